The van der Waals surface area contributed by atoms with E-state index in [9.17, 15) is 4.39 Å². The Morgan fingerprint density at radius 3 is 2.71 bits per heavy atom. The van der Waals surface area contributed by atoms with Gasteiger partial charge in [-0.05, 0) is 24.1 Å². The molecule has 0 spiro atoms. The molecule has 0 atom stereocenters. The van der Waals surface area contributed by atoms with Crippen molar-refractivity contribution in [2.45, 2.75) is 25.6 Å². The number of ether oxygens (including phenoxy) is 2. The lowest BCUT2D eigenvalue weighted by Gasteiger charge is -2.08. The maximum absolute atomic E-state index is 13.1. The van der Waals surface area contributed by atoms with Crippen LogP contribution in [0.25, 0.3) is 0 Å². The van der Waals surface area contributed by atoms with Crippen LogP contribution in [0.5, 0.6) is 5.75 Å². The first-order chi connectivity index (χ1) is 8.26. The van der Waals surface area contributed by atoms with E-state index < -0.39 is 0 Å². The van der Waals surface area contributed by atoms with Crippen molar-refractivity contribution >= 4 is 11.6 Å². The maximum Gasteiger partial charge on any atom is 0.127 e. The molecule has 0 saturated carbocycles. The fourth-order valence-electron chi connectivity index (χ4n) is 1.35. The first kappa shape index (κ1) is 14.3. The van der Waals surface area contributed by atoms with Gasteiger partial charge in [0, 0.05) is 18.6 Å². The summed E-state index contributed by atoms with van der Waals surface area (Å²) in [6, 6.07) is 4.49. The van der Waals surface area contributed by atoms with Gasteiger partial charge in [-0.15, -0.1) is 11.6 Å². The number of rotatable bonds is 8. The molecule has 0 fully saturated rings. The monoisotopic (exact) mass is 260 g/mol. The van der Waals surface area contributed by atoms with E-state index in [1.54, 1.807) is 6.07 Å². The molecule has 17 heavy (non-hydrogen) atoms. The van der Waals surface area contributed by atoms with Crippen molar-refractivity contribution in [1.82, 2.24) is 0 Å². The number of hydrogen-bond acceptors (Lipinski definition) is 2. The van der Waals surface area contributed by atoms with Gasteiger partial charge in [-0.3, -0.25) is 0 Å². The Bertz CT molecular complexity index is 331. The Balaban J connectivity index is 2.28. The normalized spacial score (nSPS) is 10.5. The van der Waals surface area contributed by atoms with E-state index in [0.29, 0.717) is 24.5 Å². The zero-order chi connectivity index (χ0) is 12.5. The quantitative estimate of drug-likeness (QED) is 0.523. The predicted molar refractivity (Wildman–Crippen MR) is 67.2 cm³/mol. The van der Waals surface area contributed by atoms with Gasteiger partial charge in [-0.25, -0.2) is 4.39 Å². The molecule has 0 heterocycles. The zero-order valence-electron chi connectivity index (χ0n) is 10.0. The van der Waals surface area contributed by atoms with Crippen molar-refractivity contribution in [3.63, 3.8) is 0 Å². The highest BCUT2D eigenvalue weighted by Crippen LogP contribution is 2.17. The van der Waals surface area contributed by atoms with E-state index in [1.807, 2.05) is 0 Å². The molecule has 4 heteroatoms. The van der Waals surface area contributed by atoms with Gasteiger partial charge in [0.1, 0.15) is 18.2 Å². The van der Waals surface area contributed by atoms with Crippen molar-refractivity contribution in [2.75, 3.05) is 19.8 Å². The van der Waals surface area contributed by atoms with E-state index in [0.717, 1.165) is 19.4 Å². The highest BCUT2D eigenvalue weighted by molar-refractivity contribution is 6.17. The molecule has 0 aliphatic heterocycles. The Morgan fingerprint density at radius 2 is 2.00 bits per heavy atom. The van der Waals surface area contributed by atoms with Crippen LogP contribution in [0.2, 0.25) is 0 Å². The van der Waals surface area contributed by atoms with E-state index in [2.05, 4.69) is 6.92 Å². The molecule has 0 bridgehead atoms. The second-order valence-corrected chi connectivity index (χ2v) is 4.01. The Kier molecular flexibility index (Phi) is 6.97. The third-order valence-corrected chi connectivity index (χ3v) is 2.53. The summed E-state index contributed by atoms with van der Waals surface area (Å²) in [4.78, 5) is 0. The molecular weight excluding hydrogens is 243 g/mol. The predicted octanol–water partition coefficient (Wildman–Crippen LogP) is 3.76. The average Bonchev–Trinajstić information content (AvgIpc) is 2.33. The number of benzene rings is 1. The molecule has 0 amide bonds. The van der Waals surface area contributed by atoms with Gasteiger partial charge in [0.15, 0.2) is 0 Å². The first-order valence-electron chi connectivity index (χ1n) is 5.82. The summed E-state index contributed by atoms with van der Waals surface area (Å²) in [5, 5.41) is 0. The minimum absolute atomic E-state index is 0.279. The number of halogens is 2. The van der Waals surface area contributed by atoms with E-state index in [-0.39, 0.29) is 11.7 Å². The molecule has 1 aromatic rings. The fraction of sp³-hybridized carbons (Fsp3) is 0.538. The SMILES string of the molecule is CCCCOCCOc1cc(F)cc(CCl)c1. The molecule has 0 N–H and O–H groups in total. The molecule has 0 aliphatic rings. The minimum atomic E-state index is -0.329. The minimum Gasteiger partial charge on any atom is -0.491 e. The van der Waals surface area contributed by atoms with Crippen molar-refractivity contribution in [1.29, 1.82) is 0 Å². The van der Waals surface area contributed by atoms with Crippen LogP contribution in [0.1, 0.15) is 25.3 Å². The van der Waals surface area contributed by atoms with Crippen LogP contribution in [0, 0.1) is 5.82 Å². The molecule has 0 aromatic heterocycles. The lowest BCUT2D eigenvalue weighted by Crippen LogP contribution is -2.07. The zero-order valence-corrected chi connectivity index (χ0v) is 10.8. The number of hydrogen-bond donors (Lipinski definition) is 0. The summed E-state index contributed by atoms with van der Waals surface area (Å²) in [6.07, 6.45) is 2.17. The van der Waals surface area contributed by atoms with Gasteiger partial charge >= 0.3 is 0 Å². The summed E-state index contributed by atoms with van der Waals surface area (Å²) in [7, 11) is 0. The van der Waals surface area contributed by atoms with Crippen molar-refractivity contribution in [3.8, 4) is 5.75 Å². The van der Waals surface area contributed by atoms with Crippen LogP contribution in [0.3, 0.4) is 0 Å². The van der Waals surface area contributed by atoms with Gasteiger partial charge < -0.3 is 9.47 Å². The van der Waals surface area contributed by atoms with Crippen LogP contribution in [0.4, 0.5) is 4.39 Å². The van der Waals surface area contributed by atoms with Crippen LogP contribution in [-0.2, 0) is 10.6 Å². The summed E-state index contributed by atoms with van der Waals surface area (Å²) in [5.41, 5.74) is 0.716. The van der Waals surface area contributed by atoms with Crippen LogP contribution in [-0.4, -0.2) is 19.8 Å². The Hall–Kier alpha value is -0.800. The third kappa shape index (κ3) is 5.89. The fourth-order valence-corrected chi connectivity index (χ4v) is 1.50. The maximum atomic E-state index is 13.1. The second kappa shape index (κ2) is 8.31. The highest BCUT2D eigenvalue weighted by atomic mass is 35.5. The topological polar surface area (TPSA) is 18.5 Å². The van der Waals surface area contributed by atoms with Crippen molar-refractivity contribution in [3.05, 3.63) is 29.6 Å². The van der Waals surface area contributed by atoms with Crippen LogP contribution >= 0.6 is 11.6 Å². The van der Waals surface area contributed by atoms with Crippen LogP contribution < -0.4 is 4.74 Å². The molecule has 1 rings (SSSR count). The summed E-state index contributed by atoms with van der Waals surface area (Å²) < 4.78 is 23.8. The van der Waals surface area contributed by atoms with Crippen LogP contribution in [0.15, 0.2) is 18.2 Å². The Morgan fingerprint density at radius 1 is 1.18 bits per heavy atom. The van der Waals surface area contributed by atoms with Gasteiger partial charge in [-0.1, -0.05) is 13.3 Å². The Labute approximate surface area is 107 Å². The van der Waals surface area contributed by atoms with Crippen molar-refractivity contribution in [2.24, 2.45) is 0 Å². The molecule has 0 saturated heterocycles. The lowest BCUT2D eigenvalue weighted by atomic mass is 10.2. The molecule has 0 unspecified atom stereocenters. The average molecular weight is 261 g/mol. The molecule has 0 aliphatic carbocycles. The lowest BCUT2D eigenvalue weighted by molar-refractivity contribution is 0.0979. The summed E-state index contributed by atoms with van der Waals surface area (Å²) in [5.74, 6) is 0.450. The van der Waals surface area contributed by atoms with Gasteiger partial charge in [0.05, 0.1) is 6.61 Å². The number of alkyl halides is 1. The number of unbranched alkanes of at least 4 members (excludes halogenated alkanes) is 1. The molecular formula is C13H18ClFO2. The second-order valence-electron chi connectivity index (χ2n) is 3.74. The summed E-state index contributed by atoms with van der Waals surface area (Å²) >= 11 is 5.64. The smallest absolute Gasteiger partial charge is 0.127 e. The van der Waals surface area contributed by atoms with Gasteiger partial charge in [-0.2, -0.15) is 0 Å². The molecule has 0 radical (unpaired) electrons. The van der Waals surface area contributed by atoms with Gasteiger partial charge in [0.2, 0.25) is 0 Å². The van der Waals surface area contributed by atoms with E-state index in [4.69, 9.17) is 21.1 Å². The molecule has 2 nitrogen and oxygen atoms in total. The van der Waals surface area contributed by atoms with Gasteiger partial charge in [0.25, 0.3) is 0 Å². The first-order valence-corrected chi connectivity index (χ1v) is 6.35. The largest absolute Gasteiger partial charge is 0.491 e. The van der Waals surface area contributed by atoms with E-state index >= 15 is 0 Å². The van der Waals surface area contributed by atoms with E-state index in [1.165, 1.54) is 12.1 Å². The molecule has 1 aromatic carbocycles. The molecule has 96 valence electrons. The standard InChI is InChI=1S/C13H18ClFO2/c1-2-3-4-16-5-6-17-13-8-11(10-14)7-12(15)9-13/h7-9H,2-6,10H2,1H3. The third-order valence-electron chi connectivity index (χ3n) is 2.22. The van der Waals surface area contributed by atoms with Crippen molar-refractivity contribution < 1.29 is 13.9 Å². The highest BCUT2D eigenvalue weighted by Gasteiger charge is 2.01. The summed E-state index contributed by atoms with van der Waals surface area (Å²) in [6.45, 7) is 3.80.